The summed E-state index contributed by atoms with van der Waals surface area (Å²) >= 11 is 1.63. The van der Waals surface area contributed by atoms with Gasteiger partial charge in [-0.2, -0.15) is 5.10 Å². The third-order valence-corrected chi connectivity index (χ3v) is 7.15. The van der Waals surface area contributed by atoms with Crippen molar-refractivity contribution in [2.75, 3.05) is 20.0 Å². The molecule has 1 aliphatic heterocycles. The Hall–Kier alpha value is -3.79. The van der Waals surface area contributed by atoms with Gasteiger partial charge in [0.25, 0.3) is 5.91 Å². The highest BCUT2D eigenvalue weighted by molar-refractivity contribution is 7.98. The van der Waals surface area contributed by atoms with Crippen LogP contribution in [0.15, 0.2) is 59.5 Å². The number of fused-ring (bicyclic) bond motifs is 1. The Morgan fingerprint density at radius 1 is 1.16 bits per heavy atom. The maximum absolute atomic E-state index is 13.7. The van der Waals surface area contributed by atoms with Gasteiger partial charge in [-0.05, 0) is 43.9 Å². The molecule has 2 aromatic carbocycles. The first-order valence-corrected chi connectivity index (χ1v) is 13.1. The van der Waals surface area contributed by atoms with E-state index in [2.05, 4.69) is 10.4 Å². The number of esters is 1. The van der Waals surface area contributed by atoms with Crippen molar-refractivity contribution in [2.24, 2.45) is 0 Å². The van der Waals surface area contributed by atoms with Crippen LogP contribution in [0.1, 0.15) is 46.0 Å². The molecule has 0 saturated heterocycles. The van der Waals surface area contributed by atoms with Gasteiger partial charge in [-0.15, -0.1) is 11.8 Å². The number of aromatic nitrogens is 2. The molecular weight excluding hydrogens is 492 g/mol. The second-order valence-electron chi connectivity index (χ2n) is 8.80. The van der Waals surface area contributed by atoms with Crippen LogP contribution in [0, 0.1) is 0 Å². The summed E-state index contributed by atoms with van der Waals surface area (Å²) < 4.78 is 11.9. The lowest BCUT2D eigenvalue weighted by atomic mass is 9.94. The Bertz CT molecular complexity index is 1310. The Morgan fingerprint density at radius 3 is 2.57 bits per heavy atom. The summed E-state index contributed by atoms with van der Waals surface area (Å²) in [7, 11) is 1.58. The van der Waals surface area contributed by atoms with E-state index in [0.717, 1.165) is 16.0 Å². The molecule has 0 aliphatic carbocycles. The smallest absolute Gasteiger partial charge is 0.358 e. The minimum atomic E-state index is -1.28. The molecule has 2 heterocycles. The fourth-order valence-electron chi connectivity index (χ4n) is 4.32. The fraction of sp³-hybridized carbons (Fsp3) is 0.333. The molecule has 0 radical (unpaired) electrons. The highest BCUT2D eigenvalue weighted by Crippen LogP contribution is 2.30. The number of carbonyl (C=O) groups is 3. The number of nitrogens with one attached hydrogen (secondary N) is 1. The number of para-hydroxylation sites is 1. The van der Waals surface area contributed by atoms with Gasteiger partial charge in [0, 0.05) is 29.6 Å². The standard InChI is InChI=1S/C27H30N4O5S/c1-5-36-25(33)21-14-22-24(32)30(16-18-10-12-20(37-4)13-11-18)27(2,17-31(22)29-21)26(34)28-15-19-8-6-7-9-23(19)35-3/h6-14H,5,15-17H2,1-4H3,(H,28,34). The van der Waals surface area contributed by atoms with Gasteiger partial charge in [-0.3, -0.25) is 14.3 Å². The number of nitrogens with zero attached hydrogens (tertiary/aromatic N) is 3. The zero-order valence-electron chi connectivity index (χ0n) is 21.3. The Balaban J connectivity index is 1.67. The summed E-state index contributed by atoms with van der Waals surface area (Å²) in [5.41, 5.74) is 0.690. The molecule has 0 bridgehead atoms. The number of hydrogen-bond donors (Lipinski definition) is 1. The van der Waals surface area contributed by atoms with Gasteiger partial charge >= 0.3 is 5.97 Å². The molecule has 1 atom stereocenters. The number of ether oxygens (including phenoxy) is 2. The van der Waals surface area contributed by atoms with Crippen molar-refractivity contribution >= 4 is 29.5 Å². The van der Waals surface area contributed by atoms with Crippen molar-refractivity contribution in [1.82, 2.24) is 20.0 Å². The zero-order valence-corrected chi connectivity index (χ0v) is 22.1. The molecule has 4 rings (SSSR count). The van der Waals surface area contributed by atoms with E-state index in [-0.39, 0.29) is 43.5 Å². The summed E-state index contributed by atoms with van der Waals surface area (Å²) in [5, 5.41) is 7.27. The highest BCUT2D eigenvalue weighted by atomic mass is 32.2. The molecule has 9 nitrogen and oxygen atoms in total. The van der Waals surface area contributed by atoms with Crippen molar-refractivity contribution in [3.8, 4) is 5.75 Å². The second kappa shape index (κ2) is 11.1. The third kappa shape index (κ3) is 5.34. The topological polar surface area (TPSA) is 103 Å². The normalized spacial score (nSPS) is 16.8. The molecule has 10 heteroatoms. The Morgan fingerprint density at radius 2 is 1.89 bits per heavy atom. The molecule has 1 aromatic heterocycles. The maximum atomic E-state index is 13.7. The van der Waals surface area contributed by atoms with Crippen LogP contribution in [-0.2, 0) is 29.2 Å². The molecule has 37 heavy (non-hydrogen) atoms. The van der Waals surface area contributed by atoms with Crippen LogP contribution in [-0.4, -0.2) is 58.0 Å². The van der Waals surface area contributed by atoms with E-state index in [1.807, 2.05) is 54.8 Å². The number of benzene rings is 2. The molecular formula is C27H30N4O5S. The highest BCUT2D eigenvalue weighted by Gasteiger charge is 2.48. The summed E-state index contributed by atoms with van der Waals surface area (Å²) in [6, 6.07) is 16.7. The number of thioether (sulfide) groups is 1. The predicted octanol–water partition coefficient (Wildman–Crippen LogP) is 3.52. The molecule has 0 fully saturated rings. The zero-order chi connectivity index (χ0) is 26.6. The van der Waals surface area contributed by atoms with Gasteiger partial charge in [0.05, 0.1) is 20.3 Å². The number of methoxy groups -OCH3 is 1. The predicted molar refractivity (Wildman–Crippen MR) is 140 cm³/mol. The monoisotopic (exact) mass is 522 g/mol. The van der Waals surface area contributed by atoms with Gasteiger partial charge in [0.15, 0.2) is 5.69 Å². The van der Waals surface area contributed by atoms with E-state index < -0.39 is 17.4 Å². The minimum absolute atomic E-state index is 0.0353. The molecule has 1 N–H and O–H groups in total. The average Bonchev–Trinajstić information content (AvgIpc) is 3.34. The van der Waals surface area contributed by atoms with Crippen molar-refractivity contribution < 1.29 is 23.9 Å². The summed E-state index contributed by atoms with van der Waals surface area (Å²) in [4.78, 5) is 42.4. The van der Waals surface area contributed by atoms with E-state index in [4.69, 9.17) is 9.47 Å². The first kappa shape index (κ1) is 26.3. The molecule has 194 valence electrons. The Kier molecular flexibility index (Phi) is 7.87. The minimum Gasteiger partial charge on any atom is -0.496 e. The summed E-state index contributed by atoms with van der Waals surface area (Å²) in [5.74, 6) is -0.685. The van der Waals surface area contributed by atoms with Crippen LogP contribution >= 0.6 is 11.8 Å². The number of rotatable bonds is 9. The number of amides is 2. The van der Waals surface area contributed by atoms with Crippen LogP contribution in [0.3, 0.4) is 0 Å². The van der Waals surface area contributed by atoms with Crippen LogP contribution in [0.4, 0.5) is 0 Å². The van der Waals surface area contributed by atoms with E-state index in [0.29, 0.717) is 5.75 Å². The van der Waals surface area contributed by atoms with Crippen LogP contribution in [0.25, 0.3) is 0 Å². The van der Waals surface area contributed by atoms with E-state index in [1.165, 1.54) is 10.7 Å². The van der Waals surface area contributed by atoms with Crippen molar-refractivity contribution in [3.63, 3.8) is 0 Å². The van der Waals surface area contributed by atoms with E-state index >= 15 is 0 Å². The lowest BCUT2D eigenvalue weighted by Crippen LogP contribution is -2.63. The molecule has 2 amide bonds. The third-order valence-electron chi connectivity index (χ3n) is 6.40. The van der Waals surface area contributed by atoms with Gasteiger partial charge < -0.3 is 19.7 Å². The van der Waals surface area contributed by atoms with Gasteiger partial charge in [0.2, 0.25) is 5.91 Å². The van der Waals surface area contributed by atoms with Crippen LogP contribution in [0.5, 0.6) is 5.75 Å². The quantitative estimate of drug-likeness (QED) is 0.339. The molecule has 1 unspecified atom stereocenters. The van der Waals surface area contributed by atoms with Crippen molar-refractivity contribution in [3.05, 3.63) is 77.1 Å². The van der Waals surface area contributed by atoms with Gasteiger partial charge in [-0.25, -0.2) is 4.79 Å². The van der Waals surface area contributed by atoms with Crippen molar-refractivity contribution in [2.45, 2.75) is 43.9 Å². The fourth-order valence-corrected chi connectivity index (χ4v) is 4.73. The molecule has 0 saturated carbocycles. The first-order chi connectivity index (χ1) is 17.8. The summed E-state index contributed by atoms with van der Waals surface area (Å²) in [6.45, 7) is 4.12. The number of hydrogen-bond acceptors (Lipinski definition) is 7. The second-order valence-corrected chi connectivity index (χ2v) is 9.68. The Labute approximate surface area is 220 Å². The van der Waals surface area contributed by atoms with Crippen LogP contribution < -0.4 is 10.1 Å². The summed E-state index contributed by atoms with van der Waals surface area (Å²) in [6.07, 6.45) is 1.99. The van der Waals surface area contributed by atoms with Crippen LogP contribution in [0.2, 0.25) is 0 Å². The molecule has 1 aliphatic rings. The molecule has 3 aromatic rings. The van der Waals surface area contributed by atoms with Gasteiger partial charge in [-0.1, -0.05) is 30.3 Å². The average molecular weight is 523 g/mol. The van der Waals surface area contributed by atoms with Gasteiger partial charge in [0.1, 0.15) is 17.0 Å². The SMILES string of the molecule is CCOC(=O)c1cc2n(n1)CC(C)(C(=O)NCc1ccccc1OC)N(Cc1ccc(SC)cc1)C2=O. The first-order valence-electron chi connectivity index (χ1n) is 11.9. The maximum Gasteiger partial charge on any atom is 0.358 e. The van der Waals surface area contributed by atoms with E-state index in [9.17, 15) is 14.4 Å². The largest absolute Gasteiger partial charge is 0.496 e. The lowest BCUT2D eigenvalue weighted by molar-refractivity contribution is -0.133. The van der Waals surface area contributed by atoms with Crippen molar-refractivity contribution in [1.29, 1.82) is 0 Å². The number of carbonyl (C=O) groups excluding carboxylic acids is 3. The lowest BCUT2D eigenvalue weighted by Gasteiger charge is -2.43. The van der Waals surface area contributed by atoms with E-state index in [1.54, 1.807) is 37.6 Å². The molecule has 0 spiro atoms.